The molecule has 1 fully saturated rings. The third-order valence-electron chi connectivity index (χ3n) is 5.95. The summed E-state index contributed by atoms with van der Waals surface area (Å²) in [6, 6.07) is 11.4. The fraction of sp³-hybridized carbons (Fsp3) is 0.333. The molecule has 1 aliphatic heterocycles. The van der Waals surface area contributed by atoms with Crippen LogP contribution in [-0.2, 0) is 24.3 Å². The first-order valence-corrected chi connectivity index (χ1v) is 12.8. The first kappa shape index (κ1) is 27.6. The number of amides is 2. The number of cyclic esters (lactones) is 1. The fourth-order valence-electron chi connectivity index (χ4n) is 3.97. The van der Waals surface area contributed by atoms with E-state index in [9.17, 15) is 27.9 Å². The number of hydrazone groups is 1. The summed E-state index contributed by atoms with van der Waals surface area (Å²) in [7, 11) is -2.55. The number of carboxylic acids is 1. The molecule has 1 saturated heterocycles. The van der Waals surface area contributed by atoms with Crippen LogP contribution in [0.5, 0.6) is 0 Å². The summed E-state index contributed by atoms with van der Waals surface area (Å²) in [6.45, 7) is 1.10. The van der Waals surface area contributed by atoms with E-state index in [2.05, 4.69) is 15.1 Å². The number of carbonyl (C=O) groups excluding carboxylic acids is 2. The molecule has 0 radical (unpaired) electrons. The molecule has 5 N–H and O–H groups in total. The third kappa shape index (κ3) is 7.05. The monoisotopic (exact) mass is 531 g/mol. The second kappa shape index (κ2) is 11.8. The maximum absolute atomic E-state index is 12.7. The number of aliphatic carboxylic acids is 1. The number of hydrogen-bond acceptors (Lipinski definition) is 8. The van der Waals surface area contributed by atoms with Crippen molar-refractivity contribution < 1.29 is 32.6 Å². The topological polar surface area (TPSA) is 180 Å². The molecule has 2 aromatic rings. The van der Waals surface area contributed by atoms with Gasteiger partial charge in [0, 0.05) is 20.0 Å². The summed E-state index contributed by atoms with van der Waals surface area (Å²) >= 11 is 0. The molecule has 0 aromatic heterocycles. The quantitative estimate of drug-likeness (QED) is 0.200. The van der Waals surface area contributed by atoms with Crippen LogP contribution in [-0.4, -0.2) is 68.3 Å². The maximum atomic E-state index is 12.7. The van der Waals surface area contributed by atoms with Crippen LogP contribution in [0.2, 0.25) is 0 Å². The molecule has 2 amide bonds. The summed E-state index contributed by atoms with van der Waals surface area (Å²) in [5.41, 5.74) is 2.06. The zero-order chi connectivity index (χ0) is 27.2. The van der Waals surface area contributed by atoms with Crippen molar-refractivity contribution in [3.8, 4) is 0 Å². The van der Waals surface area contributed by atoms with Crippen LogP contribution in [0.15, 0.2) is 58.5 Å². The van der Waals surface area contributed by atoms with Gasteiger partial charge in [0.25, 0.3) is 0 Å². The zero-order valence-electron chi connectivity index (χ0n) is 20.3. The molecule has 3 rings (SSSR count). The molecular weight excluding hydrogens is 502 g/mol. The largest absolute Gasteiger partial charge is 0.480 e. The molecule has 2 aromatic carbocycles. The highest BCUT2D eigenvalue weighted by atomic mass is 32.2. The van der Waals surface area contributed by atoms with Gasteiger partial charge >= 0.3 is 12.1 Å². The van der Waals surface area contributed by atoms with Gasteiger partial charge in [-0.15, -0.1) is 0 Å². The number of nitrogens with one attached hydrogen (secondary N) is 2. The second-order valence-electron chi connectivity index (χ2n) is 8.60. The number of sulfonamides is 1. The van der Waals surface area contributed by atoms with Crippen LogP contribution in [0.1, 0.15) is 35.6 Å². The second-order valence-corrected chi connectivity index (χ2v) is 10.3. The Morgan fingerprint density at radius 1 is 1.24 bits per heavy atom. The van der Waals surface area contributed by atoms with Crippen LogP contribution >= 0.6 is 0 Å². The molecule has 12 nitrogen and oxygen atoms in total. The minimum absolute atomic E-state index is 0.0554. The Kier molecular flexibility index (Phi) is 8.84. The van der Waals surface area contributed by atoms with Crippen molar-refractivity contribution in [1.82, 2.24) is 14.9 Å². The molecule has 0 bridgehead atoms. The van der Waals surface area contributed by atoms with Gasteiger partial charge in [0.15, 0.2) is 0 Å². The van der Waals surface area contributed by atoms with Crippen LogP contribution in [0.25, 0.3) is 0 Å². The number of nitrogens with zero attached hydrogens (tertiary/aromatic N) is 2. The molecule has 1 aliphatic rings. The highest BCUT2D eigenvalue weighted by Gasteiger charge is 2.35. The highest BCUT2D eigenvalue weighted by Crippen LogP contribution is 2.31. The van der Waals surface area contributed by atoms with E-state index in [0.29, 0.717) is 12.0 Å². The molecule has 3 atom stereocenters. The molecular formula is C24H29N5O7S. The minimum atomic E-state index is -4.14. The molecule has 0 aliphatic carbocycles. The predicted molar refractivity (Wildman–Crippen MR) is 134 cm³/mol. The van der Waals surface area contributed by atoms with Crippen LogP contribution in [0.3, 0.4) is 0 Å². The van der Waals surface area contributed by atoms with E-state index in [0.717, 1.165) is 11.1 Å². The molecule has 0 spiro atoms. The molecule has 0 saturated carbocycles. The van der Waals surface area contributed by atoms with Crippen molar-refractivity contribution in [2.75, 3.05) is 13.6 Å². The van der Waals surface area contributed by atoms with Crippen molar-refractivity contribution in [3.63, 3.8) is 0 Å². The van der Waals surface area contributed by atoms with Crippen molar-refractivity contribution in [3.05, 3.63) is 65.2 Å². The normalized spacial score (nSPS) is 18.9. The number of benzene rings is 2. The van der Waals surface area contributed by atoms with E-state index in [1.807, 2.05) is 12.1 Å². The lowest BCUT2D eigenvalue weighted by Gasteiger charge is -2.36. The Hall–Kier alpha value is -3.97. The van der Waals surface area contributed by atoms with Gasteiger partial charge in [-0.2, -0.15) is 9.82 Å². The van der Waals surface area contributed by atoms with Crippen molar-refractivity contribution >= 4 is 34.2 Å². The number of carboxylic acid groups (broad SMARTS) is 1. The number of ether oxygens (including phenoxy) is 1. The summed E-state index contributed by atoms with van der Waals surface area (Å²) in [4.78, 5) is 38.0. The standard InChI is InChI=1S/C24H29N5O7S/c1-15-5-3-4-6-21(15)37(34,35)28-19(23(31)32)14-26-22(30)12-18-11-20(29(2)24(33)36-18)17-9-7-16(8-10-17)13-27-25/h3-10,13,18-20,28H,11-12,14,25H2,1-2H3,(H,26,30)(H,31,32)/t18-,19-,20+/m0/s1. The Labute approximate surface area is 214 Å². The van der Waals surface area contributed by atoms with E-state index < -0.39 is 46.7 Å². The fourth-order valence-corrected chi connectivity index (χ4v) is 5.40. The van der Waals surface area contributed by atoms with Crippen molar-refractivity contribution in [2.24, 2.45) is 10.9 Å². The van der Waals surface area contributed by atoms with Gasteiger partial charge in [0.05, 0.1) is 23.6 Å². The van der Waals surface area contributed by atoms with E-state index in [4.69, 9.17) is 10.6 Å². The number of rotatable bonds is 10. The molecule has 1 heterocycles. The summed E-state index contributed by atoms with van der Waals surface area (Å²) in [5.74, 6) is 3.13. The van der Waals surface area contributed by atoms with E-state index in [-0.39, 0.29) is 17.4 Å². The zero-order valence-corrected chi connectivity index (χ0v) is 21.1. The summed E-state index contributed by atoms with van der Waals surface area (Å²) in [5, 5.41) is 15.4. The average molecular weight is 532 g/mol. The smallest absolute Gasteiger partial charge is 0.410 e. The molecule has 37 heavy (non-hydrogen) atoms. The maximum Gasteiger partial charge on any atom is 0.410 e. The van der Waals surface area contributed by atoms with Crippen LogP contribution in [0.4, 0.5) is 4.79 Å². The number of nitrogens with two attached hydrogens (primary N) is 1. The highest BCUT2D eigenvalue weighted by molar-refractivity contribution is 7.89. The lowest BCUT2D eigenvalue weighted by atomic mass is 9.96. The van der Waals surface area contributed by atoms with Crippen molar-refractivity contribution in [2.45, 2.75) is 42.8 Å². The van der Waals surface area contributed by atoms with Crippen LogP contribution in [0, 0.1) is 6.92 Å². The van der Waals surface area contributed by atoms with Gasteiger partial charge < -0.3 is 25.9 Å². The number of carbonyl (C=O) groups is 3. The van der Waals surface area contributed by atoms with E-state index in [1.54, 1.807) is 38.2 Å². The van der Waals surface area contributed by atoms with Gasteiger partial charge in [-0.1, -0.05) is 42.5 Å². The molecule has 0 unspecified atom stereocenters. The third-order valence-corrected chi connectivity index (χ3v) is 7.58. The van der Waals surface area contributed by atoms with Gasteiger partial charge in [-0.05, 0) is 29.7 Å². The summed E-state index contributed by atoms with van der Waals surface area (Å²) in [6.07, 6.45) is 0.232. The first-order chi connectivity index (χ1) is 17.5. The lowest BCUT2D eigenvalue weighted by Crippen LogP contribution is -2.49. The van der Waals surface area contributed by atoms with Gasteiger partial charge in [0.1, 0.15) is 12.1 Å². The number of aryl methyl sites for hydroxylation is 1. The Morgan fingerprint density at radius 2 is 1.92 bits per heavy atom. The molecule has 198 valence electrons. The SMILES string of the molecule is Cc1ccccc1S(=O)(=O)N[C@@H](CNC(=O)C[C@@H]1C[C@H](c2ccc(C=NN)cc2)N(C)C(=O)O1)C(=O)O. The first-order valence-electron chi connectivity index (χ1n) is 11.4. The van der Waals surface area contributed by atoms with E-state index in [1.165, 1.54) is 23.2 Å². The average Bonchev–Trinajstić information content (AvgIpc) is 2.84. The van der Waals surface area contributed by atoms with Gasteiger partial charge in [-0.25, -0.2) is 13.2 Å². The summed E-state index contributed by atoms with van der Waals surface area (Å²) < 4.78 is 32.8. The predicted octanol–water partition coefficient (Wildman–Crippen LogP) is 1.11. The Morgan fingerprint density at radius 3 is 2.54 bits per heavy atom. The minimum Gasteiger partial charge on any atom is -0.480 e. The Bertz CT molecular complexity index is 1280. The Balaban J connectivity index is 1.62. The van der Waals surface area contributed by atoms with Gasteiger partial charge in [0.2, 0.25) is 15.9 Å². The molecule has 13 heteroatoms. The van der Waals surface area contributed by atoms with E-state index >= 15 is 0 Å². The lowest BCUT2D eigenvalue weighted by molar-refractivity contribution is -0.138. The van der Waals surface area contributed by atoms with Gasteiger partial charge in [-0.3, -0.25) is 9.59 Å². The van der Waals surface area contributed by atoms with Crippen molar-refractivity contribution in [1.29, 1.82) is 0 Å². The number of hydrogen-bond donors (Lipinski definition) is 4. The van der Waals surface area contributed by atoms with Crippen LogP contribution < -0.4 is 15.9 Å².